The number of quaternary nitrogens is 1. The summed E-state index contributed by atoms with van der Waals surface area (Å²) in [6.45, 7) is 11.8. The quantitative estimate of drug-likeness (QED) is 0.774. The van der Waals surface area contributed by atoms with Crippen LogP contribution in [-0.4, -0.2) is 43.2 Å². The van der Waals surface area contributed by atoms with E-state index in [0.717, 1.165) is 48.7 Å². The van der Waals surface area contributed by atoms with Crippen LogP contribution >= 0.6 is 0 Å². The maximum absolute atomic E-state index is 12.8. The highest BCUT2D eigenvalue weighted by molar-refractivity contribution is 5.95. The molecule has 1 aliphatic rings. The number of nitrogens with one attached hydrogen (secondary N) is 2. The molecule has 0 saturated carbocycles. The minimum absolute atomic E-state index is 0.0816. The third-order valence-electron chi connectivity index (χ3n) is 5.55. The minimum Gasteiger partial charge on any atom is -0.508 e. The number of aromatic hydroxyl groups is 1. The van der Waals surface area contributed by atoms with Crippen LogP contribution in [0.15, 0.2) is 36.4 Å². The molecule has 2 aromatic carbocycles. The van der Waals surface area contributed by atoms with Crippen molar-refractivity contribution in [1.29, 1.82) is 0 Å². The fourth-order valence-corrected chi connectivity index (χ4v) is 3.94. The molecule has 0 spiro atoms. The first-order valence-corrected chi connectivity index (χ1v) is 9.62. The average molecular weight is 369 g/mol. The van der Waals surface area contributed by atoms with Crippen molar-refractivity contribution < 1.29 is 14.8 Å². The molecule has 0 bridgehead atoms. The predicted molar refractivity (Wildman–Crippen MR) is 110 cm³/mol. The number of aryl methyl sites for hydroxylation is 3. The molecule has 1 amide bonds. The van der Waals surface area contributed by atoms with E-state index in [2.05, 4.69) is 29.3 Å². The van der Waals surface area contributed by atoms with Gasteiger partial charge in [-0.2, -0.15) is 0 Å². The summed E-state index contributed by atoms with van der Waals surface area (Å²) in [5.41, 5.74) is 5.50. The summed E-state index contributed by atoms with van der Waals surface area (Å²) in [7, 11) is 0. The molecule has 3 rings (SSSR count). The van der Waals surface area contributed by atoms with Crippen molar-refractivity contribution in [3.63, 3.8) is 0 Å². The molecule has 1 heterocycles. The summed E-state index contributed by atoms with van der Waals surface area (Å²) in [6, 6.07) is 11.5. The van der Waals surface area contributed by atoms with E-state index in [-0.39, 0.29) is 17.7 Å². The normalized spacial score (nSPS) is 16.2. The Kier molecular flexibility index (Phi) is 5.71. The Bertz CT molecular complexity index is 786. The number of anilines is 2. The summed E-state index contributed by atoms with van der Waals surface area (Å²) in [4.78, 5) is 16.4. The molecule has 5 heteroatoms. The van der Waals surface area contributed by atoms with Crippen molar-refractivity contribution in [1.82, 2.24) is 0 Å². The van der Waals surface area contributed by atoms with Crippen LogP contribution in [-0.2, 0) is 4.79 Å². The van der Waals surface area contributed by atoms with Gasteiger partial charge in [0.1, 0.15) is 5.75 Å². The predicted octanol–water partition coefficient (Wildman–Crippen LogP) is 2.05. The van der Waals surface area contributed by atoms with Gasteiger partial charge in [-0.1, -0.05) is 17.7 Å². The van der Waals surface area contributed by atoms with Crippen LogP contribution in [0.5, 0.6) is 5.75 Å². The van der Waals surface area contributed by atoms with Gasteiger partial charge >= 0.3 is 0 Å². The topological polar surface area (TPSA) is 57.0 Å². The number of hydrogen-bond acceptors (Lipinski definition) is 3. The molecule has 1 fully saturated rings. The van der Waals surface area contributed by atoms with Gasteiger partial charge < -0.3 is 20.2 Å². The maximum atomic E-state index is 12.8. The number of hydrogen-bond donors (Lipinski definition) is 3. The van der Waals surface area contributed by atoms with Gasteiger partial charge in [-0.05, 0) is 63.1 Å². The Hall–Kier alpha value is -2.53. The van der Waals surface area contributed by atoms with Crippen LogP contribution in [0, 0.1) is 20.8 Å². The number of benzene rings is 2. The zero-order chi connectivity index (χ0) is 19.6. The molecule has 27 heavy (non-hydrogen) atoms. The smallest absolute Gasteiger partial charge is 0.282 e. The zero-order valence-corrected chi connectivity index (χ0v) is 16.7. The molecular weight excluding hydrogens is 338 g/mol. The molecule has 5 nitrogen and oxygen atoms in total. The van der Waals surface area contributed by atoms with Crippen LogP contribution in [0.25, 0.3) is 0 Å². The largest absolute Gasteiger partial charge is 0.508 e. The first-order chi connectivity index (χ1) is 12.8. The Morgan fingerprint density at radius 2 is 1.63 bits per heavy atom. The third-order valence-corrected chi connectivity index (χ3v) is 5.55. The molecule has 3 N–H and O–H groups in total. The second kappa shape index (κ2) is 8.01. The average Bonchev–Trinajstić information content (AvgIpc) is 2.64. The molecule has 0 aromatic heterocycles. The standard InChI is InChI=1S/C22H29N3O2/c1-15-13-16(2)21(17(3)14-15)23-22(27)18(4)24-9-11-25(12-10-24)19-5-7-20(26)8-6-19/h5-8,13-14,18,26H,9-12H2,1-4H3,(H,23,27)/p+1/t18-/m1/s1. The van der Waals surface area contributed by atoms with Gasteiger partial charge in [0.05, 0.1) is 26.2 Å². The monoisotopic (exact) mass is 368 g/mol. The molecular formula is C22H30N3O2+. The second-order valence-electron chi connectivity index (χ2n) is 7.65. The number of amides is 1. The highest BCUT2D eigenvalue weighted by Gasteiger charge is 2.29. The van der Waals surface area contributed by atoms with Crippen molar-refractivity contribution in [3.8, 4) is 5.75 Å². The van der Waals surface area contributed by atoms with Gasteiger partial charge in [0, 0.05) is 11.4 Å². The van der Waals surface area contributed by atoms with Crippen molar-refractivity contribution in [2.24, 2.45) is 0 Å². The van der Waals surface area contributed by atoms with Gasteiger partial charge in [-0.15, -0.1) is 0 Å². The van der Waals surface area contributed by atoms with E-state index >= 15 is 0 Å². The van der Waals surface area contributed by atoms with Gasteiger partial charge in [0.15, 0.2) is 6.04 Å². The summed E-state index contributed by atoms with van der Waals surface area (Å²) < 4.78 is 0. The molecule has 1 aliphatic heterocycles. The molecule has 1 saturated heterocycles. The van der Waals surface area contributed by atoms with Crippen LogP contribution in [0.1, 0.15) is 23.6 Å². The van der Waals surface area contributed by atoms with Crippen LogP contribution < -0.4 is 15.1 Å². The Morgan fingerprint density at radius 3 is 2.19 bits per heavy atom. The van der Waals surface area contributed by atoms with Crippen LogP contribution in [0.4, 0.5) is 11.4 Å². The van der Waals surface area contributed by atoms with Gasteiger partial charge in [0.2, 0.25) is 0 Å². The minimum atomic E-state index is -0.0907. The summed E-state index contributed by atoms with van der Waals surface area (Å²) in [5, 5.41) is 12.6. The number of piperazine rings is 1. The third kappa shape index (κ3) is 4.42. The van der Waals surface area contributed by atoms with Crippen molar-refractivity contribution in [3.05, 3.63) is 53.1 Å². The van der Waals surface area contributed by atoms with E-state index in [4.69, 9.17) is 0 Å². The SMILES string of the molecule is Cc1cc(C)c(NC(=O)[C@@H](C)[NH+]2CCN(c3ccc(O)cc3)CC2)c(C)c1. The highest BCUT2D eigenvalue weighted by atomic mass is 16.3. The number of phenols is 1. The van der Waals surface area contributed by atoms with Gasteiger partial charge in [0.25, 0.3) is 5.91 Å². The number of nitrogens with zero attached hydrogens (tertiary/aromatic N) is 1. The Morgan fingerprint density at radius 1 is 1.07 bits per heavy atom. The lowest BCUT2D eigenvalue weighted by Crippen LogP contribution is -3.19. The van der Waals surface area contributed by atoms with Crippen molar-refractivity contribution >= 4 is 17.3 Å². The summed E-state index contributed by atoms with van der Waals surface area (Å²) in [6.07, 6.45) is 0. The first-order valence-electron chi connectivity index (χ1n) is 9.62. The maximum Gasteiger partial charge on any atom is 0.282 e. The molecule has 0 radical (unpaired) electrons. The fraction of sp³-hybridized carbons (Fsp3) is 0.409. The summed E-state index contributed by atoms with van der Waals surface area (Å²) >= 11 is 0. The van der Waals surface area contributed by atoms with E-state index in [1.165, 1.54) is 10.5 Å². The van der Waals surface area contributed by atoms with E-state index in [1.54, 1.807) is 12.1 Å². The zero-order valence-electron chi connectivity index (χ0n) is 16.7. The van der Waals surface area contributed by atoms with Gasteiger partial charge in [-0.25, -0.2) is 0 Å². The fourth-order valence-electron chi connectivity index (χ4n) is 3.94. The number of carbonyl (C=O) groups excluding carboxylic acids is 1. The lowest BCUT2D eigenvalue weighted by Gasteiger charge is -2.36. The summed E-state index contributed by atoms with van der Waals surface area (Å²) in [5.74, 6) is 0.369. The van der Waals surface area contributed by atoms with Crippen molar-refractivity contribution in [2.75, 3.05) is 36.4 Å². The second-order valence-corrected chi connectivity index (χ2v) is 7.65. The highest BCUT2D eigenvalue weighted by Crippen LogP contribution is 2.22. The molecule has 1 atom stereocenters. The van der Waals surface area contributed by atoms with E-state index < -0.39 is 0 Å². The molecule has 2 aromatic rings. The molecule has 144 valence electrons. The lowest BCUT2D eigenvalue weighted by atomic mass is 10.0. The van der Waals surface area contributed by atoms with Gasteiger partial charge in [-0.3, -0.25) is 4.79 Å². The number of rotatable bonds is 4. The Labute approximate surface area is 161 Å². The van der Waals surface area contributed by atoms with Crippen molar-refractivity contribution in [2.45, 2.75) is 33.7 Å². The van der Waals surface area contributed by atoms with E-state index in [9.17, 15) is 9.90 Å². The number of phenolic OH excluding ortho intramolecular Hbond substituents is 1. The first kappa shape index (κ1) is 19.2. The van der Waals surface area contributed by atoms with E-state index in [1.807, 2.05) is 32.9 Å². The van der Waals surface area contributed by atoms with E-state index in [0.29, 0.717) is 0 Å². The lowest BCUT2D eigenvalue weighted by molar-refractivity contribution is -0.914. The molecule has 0 unspecified atom stereocenters. The molecule has 0 aliphatic carbocycles. The Balaban J connectivity index is 1.59. The van der Waals surface area contributed by atoms with Crippen LogP contribution in [0.2, 0.25) is 0 Å². The van der Waals surface area contributed by atoms with Crippen LogP contribution in [0.3, 0.4) is 0 Å². The number of carbonyl (C=O) groups is 1.